The fraction of sp³-hybridized carbons (Fsp3) is 0.100. The first-order valence-corrected chi connectivity index (χ1v) is 8.37. The summed E-state index contributed by atoms with van der Waals surface area (Å²) in [6.07, 6.45) is 0. The molecule has 0 fully saturated rings. The van der Waals surface area contributed by atoms with Crippen LogP contribution in [0.3, 0.4) is 0 Å². The lowest BCUT2D eigenvalue weighted by atomic mass is 10.3. The summed E-state index contributed by atoms with van der Waals surface area (Å²) < 4.78 is 40.2. The zero-order valence-electron chi connectivity index (χ0n) is 9.45. The highest BCUT2D eigenvalue weighted by molar-refractivity contribution is 9.10. The molecule has 0 aliphatic carbocycles. The third-order valence-electron chi connectivity index (χ3n) is 2.14. The van der Waals surface area contributed by atoms with Gasteiger partial charge in [0.15, 0.2) is 8.68 Å². The number of aryl methyl sites for hydroxylation is 1. The van der Waals surface area contributed by atoms with Crippen LogP contribution in [-0.4, -0.2) is 13.4 Å². The SMILES string of the molecule is Cc1nc(Cl)sc1S(=O)(=O)Nc1ccc(Br)c(F)c1. The highest BCUT2D eigenvalue weighted by Gasteiger charge is 2.21. The number of rotatable bonds is 3. The fourth-order valence-electron chi connectivity index (χ4n) is 1.36. The smallest absolute Gasteiger partial charge is 0.273 e. The molecule has 9 heteroatoms. The molecule has 19 heavy (non-hydrogen) atoms. The molecule has 0 saturated carbocycles. The molecule has 2 aromatic rings. The van der Waals surface area contributed by atoms with Gasteiger partial charge in [-0.2, -0.15) is 0 Å². The van der Waals surface area contributed by atoms with Crippen LogP contribution in [0.4, 0.5) is 10.1 Å². The van der Waals surface area contributed by atoms with Crippen LogP contribution in [0.5, 0.6) is 0 Å². The van der Waals surface area contributed by atoms with Gasteiger partial charge in [-0.05, 0) is 41.1 Å². The van der Waals surface area contributed by atoms with Crippen LogP contribution >= 0.6 is 38.9 Å². The van der Waals surface area contributed by atoms with Crippen molar-refractivity contribution in [1.82, 2.24) is 4.98 Å². The third-order valence-corrected chi connectivity index (χ3v) is 6.04. The quantitative estimate of drug-likeness (QED) is 0.874. The molecule has 0 aliphatic rings. The molecule has 102 valence electrons. The van der Waals surface area contributed by atoms with Crippen molar-refractivity contribution in [2.45, 2.75) is 11.1 Å². The number of aromatic nitrogens is 1. The largest absolute Gasteiger partial charge is 0.279 e. The summed E-state index contributed by atoms with van der Waals surface area (Å²) in [6, 6.07) is 3.95. The number of thiazole rings is 1. The van der Waals surface area contributed by atoms with Gasteiger partial charge in [0.2, 0.25) is 0 Å². The van der Waals surface area contributed by atoms with Gasteiger partial charge in [-0.3, -0.25) is 4.72 Å². The first-order chi connectivity index (χ1) is 8.79. The van der Waals surface area contributed by atoms with Crippen molar-refractivity contribution in [2.24, 2.45) is 0 Å². The number of sulfonamides is 1. The van der Waals surface area contributed by atoms with Crippen molar-refractivity contribution in [3.8, 4) is 0 Å². The molecule has 0 radical (unpaired) electrons. The molecular formula is C10H7BrClFN2O2S2. The Kier molecular flexibility index (Phi) is 4.14. The highest BCUT2D eigenvalue weighted by atomic mass is 79.9. The summed E-state index contributed by atoms with van der Waals surface area (Å²) in [5.74, 6) is -0.556. The van der Waals surface area contributed by atoms with E-state index < -0.39 is 15.8 Å². The van der Waals surface area contributed by atoms with Crippen molar-refractivity contribution in [3.05, 3.63) is 38.6 Å². The Labute approximate surface area is 126 Å². The van der Waals surface area contributed by atoms with Crippen LogP contribution in [0, 0.1) is 12.7 Å². The van der Waals surface area contributed by atoms with Gasteiger partial charge in [0.05, 0.1) is 15.9 Å². The zero-order chi connectivity index (χ0) is 14.2. The van der Waals surface area contributed by atoms with E-state index in [9.17, 15) is 12.8 Å². The molecule has 0 bridgehead atoms. The Balaban J connectivity index is 2.36. The van der Waals surface area contributed by atoms with E-state index in [-0.39, 0.29) is 18.8 Å². The average molecular weight is 386 g/mol. The first kappa shape index (κ1) is 14.7. The minimum atomic E-state index is -3.81. The van der Waals surface area contributed by atoms with E-state index in [0.717, 1.165) is 17.4 Å². The number of nitrogens with zero attached hydrogens (tertiary/aromatic N) is 1. The van der Waals surface area contributed by atoms with Crippen molar-refractivity contribution in [2.75, 3.05) is 4.72 Å². The average Bonchev–Trinajstić information content (AvgIpc) is 2.63. The first-order valence-electron chi connectivity index (χ1n) is 4.90. The summed E-state index contributed by atoms with van der Waals surface area (Å²) in [5, 5.41) is 0. The van der Waals surface area contributed by atoms with Gasteiger partial charge in [0.1, 0.15) is 5.82 Å². The van der Waals surface area contributed by atoms with Gasteiger partial charge in [0.25, 0.3) is 10.0 Å². The molecule has 1 heterocycles. The molecule has 0 spiro atoms. The standard InChI is InChI=1S/C10H7BrClFN2O2S2/c1-5-9(18-10(12)14-5)19(16,17)15-6-2-3-7(11)8(13)4-6/h2-4,15H,1H3. The second kappa shape index (κ2) is 5.35. The van der Waals surface area contributed by atoms with Gasteiger partial charge >= 0.3 is 0 Å². The number of halogens is 3. The number of anilines is 1. The summed E-state index contributed by atoms with van der Waals surface area (Å²) in [7, 11) is -3.81. The molecule has 1 aromatic heterocycles. The Bertz CT molecular complexity index is 733. The second-order valence-corrected chi connectivity index (χ2v) is 7.89. The van der Waals surface area contributed by atoms with Gasteiger partial charge in [-0.15, -0.1) is 0 Å². The van der Waals surface area contributed by atoms with E-state index >= 15 is 0 Å². The number of hydrogen-bond donors (Lipinski definition) is 1. The maximum absolute atomic E-state index is 13.3. The van der Waals surface area contributed by atoms with Gasteiger partial charge in [-0.1, -0.05) is 22.9 Å². The predicted molar refractivity (Wildman–Crippen MR) is 76.8 cm³/mol. The molecule has 1 aromatic carbocycles. The van der Waals surface area contributed by atoms with Crippen LogP contribution in [0.15, 0.2) is 26.9 Å². The van der Waals surface area contributed by atoms with E-state index in [0.29, 0.717) is 5.69 Å². The van der Waals surface area contributed by atoms with E-state index in [2.05, 4.69) is 25.6 Å². The van der Waals surface area contributed by atoms with Crippen molar-refractivity contribution < 1.29 is 12.8 Å². The lowest BCUT2D eigenvalue weighted by molar-refractivity contribution is 0.602. The Morgan fingerprint density at radius 3 is 2.68 bits per heavy atom. The maximum atomic E-state index is 13.3. The van der Waals surface area contributed by atoms with Gasteiger partial charge < -0.3 is 0 Å². The molecule has 2 rings (SSSR count). The second-order valence-electron chi connectivity index (χ2n) is 3.57. The lowest BCUT2D eigenvalue weighted by Gasteiger charge is -2.07. The Morgan fingerprint density at radius 2 is 2.16 bits per heavy atom. The van der Waals surface area contributed by atoms with Crippen LogP contribution in [0.2, 0.25) is 4.47 Å². The Hall–Kier alpha value is -0.700. The van der Waals surface area contributed by atoms with Crippen LogP contribution in [0.1, 0.15) is 5.69 Å². The van der Waals surface area contributed by atoms with Gasteiger partial charge in [-0.25, -0.2) is 17.8 Å². The monoisotopic (exact) mass is 384 g/mol. The molecule has 0 saturated heterocycles. The fourth-order valence-corrected chi connectivity index (χ4v) is 4.40. The summed E-state index contributed by atoms with van der Waals surface area (Å²) in [5.41, 5.74) is 0.435. The third kappa shape index (κ3) is 3.25. The molecule has 4 nitrogen and oxygen atoms in total. The number of nitrogens with one attached hydrogen (secondary N) is 1. The predicted octanol–water partition coefficient (Wildman–Crippen LogP) is 3.81. The lowest BCUT2D eigenvalue weighted by Crippen LogP contribution is -2.12. The molecule has 1 N–H and O–H groups in total. The van der Waals surface area contributed by atoms with E-state index in [1.807, 2.05) is 0 Å². The summed E-state index contributed by atoms with van der Waals surface area (Å²) in [6.45, 7) is 1.54. The minimum absolute atomic E-state index is 0.0147. The van der Waals surface area contributed by atoms with Gasteiger partial charge in [0, 0.05) is 0 Å². The number of hydrogen-bond acceptors (Lipinski definition) is 4. The van der Waals surface area contributed by atoms with Crippen LogP contribution in [0.25, 0.3) is 0 Å². The van der Waals surface area contributed by atoms with E-state index in [4.69, 9.17) is 11.6 Å². The van der Waals surface area contributed by atoms with Crippen molar-refractivity contribution >= 4 is 54.6 Å². The Morgan fingerprint density at radius 1 is 1.47 bits per heavy atom. The number of benzene rings is 1. The van der Waals surface area contributed by atoms with Crippen molar-refractivity contribution in [3.63, 3.8) is 0 Å². The summed E-state index contributed by atoms with van der Waals surface area (Å²) >= 11 is 9.51. The maximum Gasteiger partial charge on any atom is 0.273 e. The summed E-state index contributed by atoms with van der Waals surface area (Å²) in [4.78, 5) is 3.83. The van der Waals surface area contributed by atoms with Crippen molar-refractivity contribution in [1.29, 1.82) is 0 Å². The van der Waals surface area contributed by atoms with E-state index in [1.54, 1.807) is 6.92 Å². The molecule has 0 amide bonds. The molecule has 0 unspecified atom stereocenters. The highest BCUT2D eigenvalue weighted by Crippen LogP contribution is 2.29. The molecular weight excluding hydrogens is 379 g/mol. The minimum Gasteiger partial charge on any atom is -0.279 e. The zero-order valence-corrected chi connectivity index (χ0v) is 13.4. The van der Waals surface area contributed by atoms with E-state index in [1.165, 1.54) is 12.1 Å². The normalized spacial score (nSPS) is 11.6. The van der Waals surface area contributed by atoms with Crippen LogP contribution < -0.4 is 4.72 Å². The molecule has 0 atom stereocenters. The molecule has 0 aliphatic heterocycles. The van der Waals surface area contributed by atoms with Crippen LogP contribution in [-0.2, 0) is 10.0 Å². The topological polar surface area (TPSA) is 59.1 Å².